The molecule has 26 heavy (non-hydrogen) atoms. The molecule has 0 radical (unpaired) electrons. The van der Waals surface area contributed by atoms with Crippen molar-refractivity contribution in [2.24, 2.45) is 0 Å². The van der Waals surface area contributed by atoms with Crippen molar-refractivity contribution in [3.05, 3.63) is 57.3 Å². The van der Waals surface area contributed by atoms with Gasteiger partial charge in [-0.25, -0.2) is 8.78 Å². The number of likely N-dealkylation sites (N-methyl/N-ethyl adjacent to an activating group) is 1. The Balaban J connectivity index is 2.05. The van der Waals surface area contributed by atoms with Gasteiger partial charge in [-0.1, -0.05) is 6.07 Å². The zero-order chi connectivity index (χ0) is 19.3. The molecule has 0 saturated heterocycles. The predicted molar refractivity (Wildman–Crippen MR) is 97.0 cm³/mol. The number of nitrogens with zero attached hydrogens (tertiary/aromatic N) is 1. The molecule has 0 aliphatic heterocycles. The van der Waals surface area contributed by atoms with Gasteiger partial charge in [-0.3, -0.25) is 9.59 Å². The lowest BCUT2D eigenvalue weighted by Crippen LogP contribution is -2.35. The van der Waals surface area contributed by atoms with Crippen molar-refractivity contribution in [2.75, 3.05) is 20.6 Å². The van der Waals surface area contributed by atoms with Crippen molar-refractivity contribution in [1.82, 2.24) is 15.5 Å². The second-order valence-corrected chi connectivity index (χ2v) is 7.17. The summed E-state index contributed by atoms with van der Waals surface area (Å²) < 4.78 is 28.1. The quantitative estimate of drug-likeness (QED) is 0.775. The third kappa shape index (κ3) is 5.09. The lowest BCUT2D eigenvalue weighted by molar-refractivity contribution is -0.119. The van der Waals surface area contributed by atoms with Gasteiger partial charge in [-0.05, 0) is 38.4 Å². The Labute approximate surface area is 155 Å². The molecule has 0 spiro atoms. The van der Waals surface area contributed by atoms with Crippen LogP contribution in [-0.2, 0) is 11.3 Å². The highest BCUT2D eigenvalue weighted by Crippen LogP contribution is 2.24. The maximum atomic E-state index is 14.0. The normalized spacial score (nSPS) is 12.1. The first kappa shape index (κ1) is 20.0. The molecule has 0 saturated carbocycles. The monoisotopic (exact) mass is 381 g/mol. The fourth-order valence-electron chi connectivity index (χ4n) is 2.45. The van der Waals surface area contributed by atoms with Gasteiger partial charge in [0.25, 0.3) is 5.91 Å². The average Bonchev–Trinajstić information content (AvgIpc) is 3.04. The molecule has 0 bridgehead atoms. The topological polar surface area (TPSA) is 61.4 Å². The van der Waals surface area contributed by atoms with Gasteiger partial charge in [0.15, 0.2) is 0 Å². The van der Waals surface area contributed by atoms with Crippen LogP contribution in [0.15, 0.2) is 30.3 Å². The van der Waals surface area contributed by atoms with Gasteiger partial charge in [-0.15, -0.1) is 11.3 Å². The molecule has 1 heterocycles. The minimum atomic E-state index is -0.647. The van der Waals surface area contributed by atoms with Crippen LogP contribution < -0.4 is 10.6 Å². The number of amides is 2. The maximum Gasteiger partial charge on any atom is 0.261 e. The van der Waals surface area contributed by atoms with E-state index in [2.05, 4.69) is 10.6 Å². The number of rotatable bonds is 7. The number of carbonyl (C=O) groups is 2. The average molecular weight is 381 g/mol. The number of carbonyl (C=O) groups excluding carboxylic acids is 2. The standard InChI is InChI=1S/C18H21F2N3O2S/c1-11(24)21-9-12-7-8-16(26-12)18(25)22-10-15(23(2)3)17-13(19)5-4-6-14(17)20/h4-8,15H,9-10H2,1-3H3,(H,21,24)(H,22,25). The van der Waals surface area contributed by atoms with Crippen LogP contribution in [0.4, 0.5) is 8.78 Å². The van der Waals surface area contributed by atoms with Crippen molar-refractivity contribution in [1.29, 1.82) is 0 Å². The van der Waals surface area contributed by atoms with E-state index in [4.69, 9.17) is 0 Å². The van der Waals surface area contributed by atoms with Gasteiger partial charge in [0, 0.05) is 23.9 Å². The second kappa shape index (κ2) is 8.86. The van der Waals surface area contributed by atoms with Crippen LogP contribution >= 0.6 is 11.3 Å². The van der Waals surface area contributed by atoms with Gasteiger partial charge in [-0.2, -0.15) is 0 Å². The van der Waals surface area contributed by atoms with Crippen LogP contribution in [0.5, 0.6) is 0 Å². The van der Waals surface area contributed by atoms with E-state index in [1.807, 2.05) is 0 Å². The summed E-state index contributed by atoms with van der Waals surface area (Å²) in [7, 11) is 3.39. The summed E-state index contributed by atoms with van der Waals surface area (Å²) in [5.41, 5.74) is -0.0738. The predicted octanol–water partition coefficient (Wildman–Crippen LogP) is 2.70. The highest BCUT2D eigenvalue weighted by atomic mass is 32.1. The van der Waals surface area contributed by atoms with Crippen molar-refractivity contribution < 1.29 is 18.4 Å². The fourth-order valence-corrected chi connectivity index (χ4v) is 3.32. The third-order valence-corrected chi connectivity index (χ3v) is 4.89. The van der Waals surface area contributed by atoms with Crippen molar-refractivity contribution in [3.63, 3.8) is 0 Å². The van der Waals surface area contributed by atoms with E-state index in [9.17, 15) is 18.4 Å². The first-order valence-electron chi connectivity index (χ1n) is 8.01. The summed E-state index contributed by atoms with van der Waals surface area (Å²) >= 11 is 1.26. The molecule has 2 aromatic rings. The van der Waals surface area contributed by atoms with Crippen molar-refractivity contribution in [2.45, 2.75) is 19.5 Å². The van der Waals surface area contributed by atoms with E-state index in [1.54, 1.807) is 31.1 Å². The summed E-state index contributed by atoms with van der Waals surface area (Å²) in [5.74, 6) is -1.77. The van der Waals surface area contributed by atoms with E-state index < -0.39 is 17.7 Å². The molecule has 5 nitrogen and oxygen atoms in total. The van der Waals surface area contributed by atoms with Crippen LogP contribution in [0.1, 0.15) is 33.1 Å². The molecule has 140 valence electrons. The molecule has 1 unspecified atom stereocenters. The number of thiophene rings is 1. The lowest BCUT2D eigenvalue weighted by Gasteiger charge is -2.25. The van der Waals surface area contributed by atoms with E-state index >= 15 is 0 Å². The zero-order valence-electron chi connectivity index (χ0n) is 14.8. The number of halogens is 2. The molecule has 2 rings (SSSR count). The molecule has 2 amide bonds. The Hall–Kier alpha value is -2.32. The largest absolute Gasteiger partial charge is 0.351 e. The Morgan fingerprint density at radius 2 is 1.77 bits per heavy atom. The second-order valence-electron chi connectivity index (χ2n) is 6.00. The number of hydrogen-bond donors (Lipinski definition) is 2. The van der Waals surface area contributed by atoms with Gasteiger partial charge in [0.1, 0.15) is 11.6 Å². The fraction of sp³-hybridized carbons (Fsp3) is 0.333. The van der Waals surface area contributed by atoms with Gasteiger partial charge < -0.3 is 15.5 Å². The summed E-state index contributed by atoms with van der Waals surface area (Å²) in [6.07, 6.45) is 0. The first-order valence-corrected chi connectivity index (χ1v) is 8.83. The molecular formula is C18H21F2N3O2S. The molecule has 0 aliphatic carbocycles. The Bertz CT molecular complexity index is 772. The molecule has 1 aromatic carbocycles. The van der Waals surface area contributed by atoms with Crippen molar-refractivity contribution >= 4 is 23.2 Å². The molecule has 0 aliphatic rings. The first-order chi connectivity index (χ1) is 12.3. The number of hydrogen-bond acceptors (Lipinski definition) is 4. The molecule has 2 N–H and O–H groups in total. The Morgan fingerprint density at radius 3 is 2.35 bits per heavy atom. The highest BCUT2D eigenvalue weighted by Gasteiger charge is 2.23. The van der Waals surface area contributed by atoms with Crippen LogP contribution in [0.2, 0.25) is 0 Å². The summed E-state index contributed by atoms with van der Waals surface area (Å²) in [5, 5.41) is 5.38. The molecule has 1 aromatic heterocycles. The number of nitrogens with one attached hydrogen (secondary N) is 2. The Kier molecular flexibility index (Phi) is 6.82. The summed E-state index contributed by atoms with van der Waals surface area (Å²) in [6, 6.07) is 6.48. The summed E-state index contributed by atoms with van der Waals surface area (Å²) in [6.45, 7) is 1.83. The van der Waals surface area contributed by atoms with E-state index in [1.165, 1.54) is 36.5 Å². The highest BCUT2D eigenvalue weighted by molar-refractivity contribution is 7.14. The van der Waals surface area contributed by atoms with E-state index in [-0.39, 0.29) is 23.9 Å². The van der Waals surface area contributed by atoms with Crippen LogP contribution in [-0.4, -0.2) is 37.4 Å². The zero-order valence-corrected chi connectivity index (χ0v) is 15.6. The number of benzene rings is 1. The van der Waals surface area contributed by atoms with Gasteiger partial charge in [0.2, 0.25) is 5.91 Å². The van der Waals surface area contributed by atoms with Crippen LogP contribution in [0.25, 0.3) is 0 Å². The molecule has 8 heteroatoms. The minimum absolute atomic E-state index is 0.0582. The molecular weight excluding hydrogens is 360 g/mol. The molecule has 0 fully saturated rings. The van der Waals surface area contributed by atoms with E-state index in [0.29, 0.717) is 11.4 Å². The van der Waals surface area contributed by atoms with Gasteiger partial charge >= 0.3 is 0 Å². The Morgan fingerprint density at radius 1 is 1.12 bits per heavy atom. The van der Waals surface area contributed by atoms with E-state index in [0.717, 1.165) is 4.88 Å². The van der Waals surface area contributed by atoms with Crippen LogP contribution in [0.3, 0.4) is 0 Å². The molecule has 1 atom stereocenters. The van der Waals surface area contributed by atoms with Gasteiger partial charge in [0.05, 0.1) is 17.5 Å². The smallest absolute Gasteiger partial charge is 0.261 e. The third-order valence-electron chi connectivity index (χ3n) is 3.81. The van der Waals surface area contributed by atoms with Crippen molar-refractivity contribution in [3.8, 4) is 0 Å². The SMILES string of the molecule is CC(=O)NCc1ccc(C(=O)NCC(c2c(F)cccc2F)N(C)C)s1. The minimum Gasteiger partial charge on any atom is -0.351 e. The maximum absolute atomic E-state index is 14.0. The summed E-state index contributed by atoms with van der Waals surface area (Å²) in [4.78, 5) is 26.2. The lowest BCUT2D eigenvalue weighted by atomic mass is 10.0. The van der Waals surface area contributed by atoms with Crippen LogP contribution in [0, 0.1) is 11.6 Å².